The molecule has 0 bridgehead atoms. The van der Waals surface area contributed by atoms with Gasteiger partial charge in [-0.25, -0.2) is 13.4 Å². The monoisotopic (exact) mass is 355 g/mol. The first kappa shape index (κ1) is 15.8. The molecule has 0 aliphatic carbocycles. The number of fused-ring (bicyclic) bond motifs is 1. The fourth-order valence-electron chi connectivity index (χ4n) is 3.12. The van der Waals surface area contributed by atoms with Crippen molar-refractivity contribution in [3.8, 4) is 5.69 Å². The number of nitrogens with one attached hydrogen (secondary N) is 1. The largest absolute Gasteiger partial charge is 0.326 e. The number of anilines is 1. The van der Waals surface area contributed by atoms with Gasteiger partial charge in [-0.2, -0.15) is 0 Å². The van der Waals surface area contributed by atoms with E-state index in [-0.39, 0.29) is 17.4 Å². The lowest BCUT2D eigenvalue weighted by molar-refractivity contribution is -0.119. The zero-order valence-corrected chi connectivity index (χ0v) is 14.2. The fourth-order valence-corrected chi connectivity index (χ4v) is 4.86. The Bertz CT molecular complexity index is 1040. The van der Waals surface area contributed by atoms with Gasteiger partial charge in [0, 0.05) is 11.4 Å². The molecule has 1 atom stereocenters. The van der Waals surface area contributed by atoms with E-state index < -0.39 is 15.8 Å². The molecule has 2 heterocycles. The second-order valence-corrected chi connectivity index (χ2v) is 8.47. The third kappa shape index (κ3) is 3.15. The Morgan fingerprint density at radius 1 is 1.12 bits per heavy atom. The SMILES string of the molecule is O=C(Nc1ccc(-n2cnc3ccccc32)cc1)C1CCS(=O)(=O)C1. The molecule has 3 aromatic rings. The average Bonchev–Trinajstić information content (AvgIpc) is 3.19. The summed E-state index contributed by atoms with van der Waals surface area (Å²) in [6, 6.07) is 15.3. The summed E-state index contributed by atoms with van der Waals surface area (Å²) < 4.78 is 25.0. The van der Waals surface area contributed by atoms with Crippen LogP contribution in [0, 0.1) is 5.92 Å². The van der Waals surface area contributed by atoms with Gasteiger partial charge < -0.3 is 5.32 Å². The highest BCUT2D eigenvalue weighted by molar-refractivity contribution is 7.91. The maximum atomic E-state index is 12.2. The minimum Gasteiger partial charge on any atom is -0.326 e. The van der Waals surface area contributed by atoms with Gasteiger partial charge >= 0.3 is 0 Å². The number of aromatic nitrogens is 2. The molecule has 25 heavy (non-hydrogen) atoms. The third-order valence-corrected chi connectivity index (χ3v) is 6.24. The van der Waals surface area contributed by atoms with Crippen LogP contribution in [0.3, 0.4) is 0 Å². The van der Waals surface area contributed by atoms with Crippen molar-refractivity contribution in [3.63, 3.8) is 0 Å². The predicted molar refractivity (Wildman–Crippen MR) is 96.5 cm³/mol. The van der Waals surface area contributed by atoms with E-state index in [1.165, 1.54) is 0 Å². The third-order valence-electron chi connectivity index (χ3n) is 4.47. The van der Waals surface area contributed by atoms with E-state index in [1.807, 2.05) is 53.1 Å². The number of para-hydroxylation sites is 2. The Morgan fingerprint density at radius 3 is 2.60 bits per heavy atom. The molecule has 2 aromatic carbocycles. The molecule has 1 aromatic heterocycles. The van der Waals surface area contributed by atoms with Gasteiger partial charge in [0.05, 0.1) is 28.5 Å². The standard InChI is InChI=1S/C18H17N3O3S/c22-18(13-9-10-25(23,24)11-13)20-14-5-7-15(8-6-14)21-12-19-16-3-1-2-4-17(16)21/h1-8,12-13H,9-11H2,(H,20,22). The lowest BCUT2D eigenvalue weighted by Gasteiger charge is -2.10. The zero-order valence-electron chi connectivity index (χ0n) is 13.4. The van der Waals surface area contributed by atoms with E-state index >= 15 is 0 Å². The summed E-state index contributed by atoms with van der Waals surface area (Å²) in [5.41, 5.74) is 3.52. The molecule has 1 aliphatic heterocycles. The van der Waals surface area contributed by atoms with Gasteiger partial charge in [-0.15, -0.1) is 0 Å². The summed E-state index contributed by atoms with van der Waals surface area (Å²) >= 11 is 0. The van der Waals surface area contributed by atoms with E-state index in [9.17, 15) is 13.2 Å². The van der Waals surface area contributed by atoms with Crippen LogP contribution in [-0.4, -0.2) is 35.4 Å². The summed E-state index contributed by atoms with van der Waals surface area (Å²) in [6.07, 6.45) is 2.16. The van der Waals surface area contributed by atoms with Crippen molar-refractivity contribution in [2.45, 2.75) is 6.42 Å². The van der Waals surface area contributed by atoms with Crippen molar-refractivity contribution >= 4 is 32.5 Å². The molecule has 1 saturated heterocycles. The first-order valence-electron chi connectivity index (χ1n) is 8.06. The van der Waals surface area contributed by atoms with Crippen molar-refractivity contribution in [3.05, 3.63) is 54.9 Å². The summed E-state index contributed by atoms with van der Waals surface area (Å²) in [4.78, 5) is 16.6. The van der Waals surface area contributed by atoms with Gasteiger partial charge in [0.25, 0.3) is 0 Å². The first-order chi connectivity index (χ1) is 12.0. The van der Waals surface area contributed by atoms with Gasteiger partial charge in [0.2, 0.25) is 5.91 Å². The summed E-state index contributed by atoms with van der Waals surface area (Å²) in [5, 5.41) is 2.80. The number of carbonyl (C=O) groups is 1. The molecular formula is C18H17N3O3S. The summed E-state index contributed by atoms with van der Waals surface area (Å²) in [7, 11) is -3.06. The van der Waals surface area contributed by atoms with Crippen LogP contribution in [0.15, 0.2) is 54.9 Å². The lowest BCUT2D eigenvalue weighted by Crippen LogP contribution is -2.23. The number of sulfone groups is 1. The number of amides is 1. The molecule has 7 heteroatoms. The minimum atomic E-state index is -3.06. The van der Waals surface area contributed by atoms with Crippen molar-refractivity contribution in [2.24, 2.45) is 5.92 Å². The predicted octanol–water partition coefficient (Wildman–Crippen LogP) is 2.40. The van der Waals surface area contributed by atoms with Crippen molar-refractivity contribution < 1.29 is 13.2 Å². The Balaban J connectivity index is 1.52. The zero-order chi connectivity index (χ0) is 17.4. The molecule has 0 radical (unpaired) electrons. The molecule has 6 nitrogen and oxygen atoms in total. The summed E-state index contributed by atoms with van der Waals surface area (Å²) in [6.45, 7) is 0. The highest BCUT2D eigenvalue weighted by Crippen LogP contribution is 2.22. The second kappa shape index (κ2) is 6.00. The molecule has 0 saturated carbocycles. The highest BCUT2D eigenvalue weighted by Gasteiger charge is 2.32. The quantitative estimate of drug-likeness (QED) is 0.782. The van der Waals surface area contributed by atoms with Crippen LogP contribution in [-0.2, 0) is 14.6 Å². The fraction of sp³-hybridized carbons (Fsp3) is 0.222. The second-order valence-electron chi connectivity index (χ2n) is 6.24. The smallest absolute Gasteiger partial charge is 0.228 e. The van der Waals surface area contributed by atoms with Gasteiger partial charge in [-0.1, -0.05) is 12.1 Å². The van der Waals surface area contributed by atoms with Gasteiger partial charge in [-0.3, -0.25) is 9.36 Å². The number of benzene rings is 2. The molecule has 1 N–H and O–H groups in total. The molecule has 1 aliphatic rings. The van der Waals surface area contributed by atoms with E-state index in [0.29, 0.717) is 12.1 Å². The van der Waals surface area contributed by atoms with Crippen molar-refractivity contribution in [1.29, 1.82) is 0 Å². The van der Waals surface area contributed by atoms with Gasteiger partial charge in [0.1, 0.15) is 6.33 Å². The molecule has 4 rings (SSSR count). The van der Waals surface area contributed by atoms with Crippen LogP contribution in [0.2, 0.25) is 0 Å². The number of carbonyl (C=O) groups excluding carboxylic acids is 1. The number of nitrogens with zero attached hydrogens (tertiary/aromatic N) is 2. The van der Waals surface area contributed by atoms with Crippen LogP contribution < -0.4 is 5.32 Å². The van der Waals surface area contributed by atoms with E-state index in [2.05, 4.69) is 10.3 Å². The maximum absolute atomic E-state index is 12.2. The van der Waals surface area contributed by atoms with E-state index in [4.69, 9.17) is 0 Å². The summed E-state index contributed by atoms with van der Waals surface area (Å²) in [5.74, 6) is -0.653. The van der Waals surface area contributed by atoms with Crippen LogP contribution >= 0.6 is 0 Å². The molecule has 1 fully saturated rings. The Hall–Kier alpha value is -2.67. The van der Waals surface area contributed by atoms with Crippen LogP contribution in [0.5, 0.6) is 0 Å². The maximum Gasteiger partial charge on any atom is 0.228 e. The first-order valence-corrected chi connectivity index (χ1v) is 9.88. The molecule has 1 amide bonds. The molecule has 0 spiro atoms. The van der Waals surface area contributed by atoms with E-state index in [1.54, 1.807) is 6.33 Å². The van der Waals surface area contributed by atoms with Crippen molar-refractivity contribution in [1.82, 2.24) is 9.55 Å². The number of imidazole rings is 1. The lowest BCUT2D eigenvalue weighted by atomic mass is 10.1. The number of hydrogen-bond acceptors (Lipinski definition) is 4. The normalized spacial score (nSPS) is 19.1. The Labute approximate surface area is 145 Å². The van der Waals surface area contributed by atoms with Gasteiger partial charge in [0.15, 0.2) is 9.84 Å². The Morgan fingerprint density at radius 2 is 1.88 bits per heavy atom. The number of rotatable bonds is 3. The van der Waals surface area contributed by atoms with Crippen LogP contribution in [0.1, 0.15) is 6.42 Å². The highest BCUT2D eigenvalue weighted by atomic mass is 32.2. The molecular weight excluding hydrogens is 338 g/mol. The number of hydrogen-bond donors (Lipinski definition) is 1. The topological polar surface area (TPSA) is 81.1 Å². The van der Waals surface area contributed by atoms with Crippen LogP contribution in [0.25, 0.3) is 16.7 Å². The van der Waals surface area contributed by atoms with Crippen molar-refractivity contribution in [2.75, 3.05) is 16.8 Å². The van der Waals surface area contributed by atoms with Gasteiger partial charge in [-0.05, 0) is 42.8 Å². The minimum absolute atomic E-state index is 0.0576. The molecule has 128 valence electrons. The molecule has 1 unspecified atom stereocenters. The van der Waals surface area contributed by atoms with E-state index in [0.717, 1.165) is 16.7 Å². The Kier molecular flexibility index (Phi) is 3.80. The van der Waals surface area contributed by atoms with Crippen LogP contribution in [0.4, 0.5) is 5.69 Å². The average molecular weight is 355 g/mol.